The van der Waals surface area contributed by atoms with Crippen molar-refractivity contribution < 1.29 is 26.4 Å². The Labute approximate surface area is 209 Å². The zero-order valence-electron chi connectivity index (χ0n) is 19.4. The van der Waals surface area contributed by atoms with Gasteiger partial charge in [0.2, 0.25) is 11.8 Å². The van der Waals surface area contributed by atoms with Crippen LogP contribution in [0.1, 0.15) is 13.8 Å². The molecule has 0 fully saturated rings. The van der Waals surface area contributed by atoms with E-state index in [0.717, 1.165) is 13.8 Å². The molecule has 0 spiro atoms. The smallest absolute Gasteiger partial charge is 0.270 e. The van der Waals surface area contributed by atoms with Gasteiger partial charge >= 0.3 is 0 Å². The van der Waals surface area contributed by atoms with E-state index in [1.807, 2.05) is 0 Å². The van der Waals surface area contributed by atoms with Crippen LogP contribution < -0.4 is 8.61 Å². The summed E-state index contributed by atoms with van der Waals surface area (Å²) in [5.74, 6) is -1.51. The Morgan fingerprint density at radius 3 is 1.11 bits per heavy atom. The first-order valence-electron chi connectivity index (χ1n) is 10.8. The summed E-state index contributed by atoms with van der Waals surface area (Å²) >= 11 is 0. The molecule has 0 bridgehead atoms. The number of benzene rings is 4. The van der Waals surface area contributed by atoms with Gasteiger partial charge in [-0.2, -0.15) is 0 Å². The zero-order valence-corrected chi connectivity index (χ0v) is 21.0. The fraction of sp³-hybridized carbons (Fsp3) is 0.0769. The molecule has 0 aliphatic heterocycles. The van der Waals surface area contributed by atoms with Gasteiger partial charge in [0.05, 0.1) is 21.2 Å². The third-order valence-electron chi connectivity index (χ3n) is 5.45. The highest BCUT2D eigenvalue weighted by molar-refractivity contribution is 7.94. The molecule has 184 valence electrons. The molecule has 2 amide bonds. The topological polar surface area (TPSA) is 109 Å². The van der Waals surface area contributed by atoms with Crippen molar-refractivity contribution in [2.75, 3.05) is 8.61 Å². The second kappa shape index (κ2) is 9.56. The second-order valence-corrected chi connectivity index (χ2v) is 11.4. The maximum absolute atomic E-state index is 13.4. The summed E-state index contributed by atoms with van der Waals surface area (Å²) in [5, 5.41) is 0.554. The number of rotatable bonds is 6. The number of carbonyl (C=O) groups excluding carboxylic acids is 2. The minimum atomic E-state index is -4.28. The summed E-state index contributed by atoms with van der Waals surface area (Å²) in [6.07, 6.45) is 0. The maximum Gasteiger partial charge on any atom is 0.270 e. The summed E-state index contributed by atoms with van der Waals surface area (Å²) in [7, 11) is -8.56. The third kappa shape index (κ3) is 4.36. The first-order valence-corrected chi connectivity index (χ1v) is 13.7. The van der Waals surface area contributed by atoms with Crippen LogP contribution in [0.25, 0.3) is 10.8 Å². The van der Waals surface area contributed by atoms with E-state index >= 15 is 0 Å². The molecule has 8 nitrogen and oxygen atoms in total. The summed E-state index contributed by atoms with van der Waals surface area (Å²) in [4.78, 5) is 25.2. The number of sulfonamides is 2. The van der Waals surface area contributed by atoms with Gasteiger partial charge in [0.1, 0.15) is 0 Å². The SMILES string of the molecule is CC(=O)N(c1ccc(N(C(C)=O)S(=O)(=O)c2ccccc2)c2ccccc12)S(=O)(=O)c1ccccc1. The van der Waals surface area contributed by atoms with E-state index in [0.29, 0.717) is 8.61 Å². The van der Waals surface area contributed by atoms with E-state index in [1.165, 1.54) is 36.4 Å². The van der Waals surface area contributed by atoms with Gasteiger partial charge in [-0.3, -0.25) is 9.59 Å². The average Bonchev–Trinajstić information content (AvgIpc) is 2.86. The van der Waals surface area contributed by atoms with E-state index in [-0.39, 0.29) is 31.9 Å². The molecule has 4 aromatic rings. The highest BCUT2D eigenvalue weighted by Crippen LogP contribution is 2.38. The zero-order chi connectivity index (χ0) is 26.1. The molecule has 0 atom stereocenters. The van der Waals surface area contributed by atoms with Crippen LogP contribution in [-0.2, 0) is 29.6 Å². The highest BCUT2D eigenvalue weighted by atomic mass is 32.2. The Bertz CT molecular complexity index is 1540. The number of fused-ring (bicyclic) bond motifs is 1. The van der Waals surface area contributed by atoms with Crippen molar-refractivity contribution in [2.45, 2.75) is 23.6 Å². The molecule has 0 unspecified atom stereocenters. The number of anilines is 2. The van der Waals surface area contributed by atoms with Crippen LogP contribution in [0.2, 0.25) is 0 Å². The lowest BCUT2D eigenvalue weighted by molar-refractivity contribution is -0.116. The summed E-state index contributed by atoms with van der Waals surface area (Å²) in [5.41, 5.74) is 0.0672. The largest absolute Gasteiger partial charge is 0.274 e. The number of carbonyl (C=O) groups is 2. The monoisotopic (exact) mass is 522 g/mol. The molecular weight excluding hydrogens is 500 g/mol. The molecule has 0 aliphatic rings. The van der Waals surface area contributed by atoms with E-state index in [2.05, 4.69) is 0 Å². The van der Waals surface area contributed by atoms with Crippen molar-refractivity contribution in [3.8, 4) is 0 Å². The second-order valence-electron chi connectivity index (χ2n) is 7.85. The van der Waals surface area contributed by atoms with Gasteiger partial charge in [0, 0.05) is 24.6 Å². The van der Waals surface area contributed by atoms with Crippen LogP contribution >= 0.6 is 0 Å². The molecule has 0 heterocycles. The molecule has 0 saturated carbocycles. The molecule has 4 rings (SSSR count). The molecule has 0 radical (unpaired) electrons. The van der Waals surface area contributed by atoms with E-state index in [1.54, 1.807) is 60.7 Å². The van der Waals surface area contributed by atoms with Crippen molar-refractivity contribution >= 4 is 54.0 Å². The predicted octanol–water partition coefficient (Wildman–Crippen LogP) is 4.32. The van der Waals surface area contributed by atoms with Gasteiger partial charge < -0.3 is 0 Å². The molecule has 0 aliphatic carbocycles. The van der Waals surface area contributed by atoms with Gasteiger partial charge in [-0.15, -0.1) is 0 Å². The van der Waals surface area contributed by atoms with Crippen molar-refractivity contribution in [2.24, 2.45) is 0 Å². The van der Waals surface area contributed by atoms with Crippen molar-refractivity contribution in [1.82, 2.24) is 0 Å². The Morgan fingerprint density at radius 1 is 0.500 bits per heavy atom. The molecule has 10 heteroatoms. The molecule has 36 heavy (non-hydrogen) atoms. The van der Waals surface area contributed by atoms with Gasteiger partial charge in [-0.25, -0.2) is 25.4 Å². The average molecular weight is 523 g/mol. The lowest BCUT2D eigenvalue weighted by atomic mass is 10.1. The Kier molecular flexibility index (Phi) is 6.66. The molecule has 0 saturated heterocycles. The first-order chi connectivity index (χ1) is 17.1. The van der Waals surface area contributed by atoms with Crippen LogP contribution in [0.5, 0.6) is 0 Å². The molecular formula is C26H22N2O6S2. The van der Waals surface area contributed by atoms with Crippen LogP contribution in [0, 0.1) is 0 Å². The minimum Gasteiger partial charge on any atom is -0.274 e. The van der Waals surface area contributed by atoms with Crippen molar-refractivity contribution in [3.63, 3.8) is 0 Å². The van der Waals surface area contributed by atoms with Gasteiger partial charge in [0.25, 0.3) is 20.0 Å². The Balaban J connectivity index is 1.97. The Morgan fingerprint density at radius 2 is 0.806 bits per heavy atom. The Hall–Kier alpha value is -4.02. The van der Waals surface area contributed by atoms with Crippen LogP contribution in [0.15, 0.2) is 107 Å². The van der Waals surface area contributed by atoms with Gasteiger partial charge in [0.15, 0.2) is 0 Å². The van der Waals surface area contributed by atoms with Crippen molar-refractivity contribution in [3.05, 3.63) is 97.1 Å². The quantitative estimate of drug-likeness (QED) is 0.373. The van der Waals surface area contributed by atoms with Crippen LogP contribution in [0.3, 0.4) is 0 Å². The first kappa shape index (κ1) is 25.1. The number of nitrogens with zero attached hydrogens (tertiary/aromatic N) is 2. The number of hydrogen-bond acceptors (Lipinski definition) is 6. The van der Waals surface area contributed by atoms with Gasteiger partial charge in [-0.05, 0) is 36.4 Å². The lowest BCUT2D eigenvalue weighted by Gasteiger charge is -2.26. The van der Waals surface area contributed by atoms with E-state index in [9.17, 15) is 26.4 Å². The van der Waals surface area contributed by atoms with Crippen molar-refractivity contribution in [1.29, 1.82) is 0 Å². The molecule has 0 aromatic heterocycles. The number of amides is 2. The van der Waals surface area contributed by atoms with E-state index < -0.39 is 31.9 Å². The third-order valence-corrected chi connectivity index (χ3v) is 9.06. The van der Waals surface area contributed by atoms with Gasteiger partial charge in [-0.1, -0.05) is 60.7 Å². The number of hydrogen-bond donors (Lipinski definition) is 0. The summed E-state index contributed by atoms with van der Waals surface area (Å²) in [6, 6.07) is 24.1. The normalized spacial score (nSPS) is 11.7. The standard InChI is InChI=1S/C26H22N2O6S2/c1-19(29)27(35(31,32)21-11-5-3-6-12-21)25-17-18-26(24-16-10-9-15-23(24)25)28(20(2)30)36(33,34)22-13-7-4-8-14-22/h3-18H,1-2H3. The van der Waals surface area contributed by atoms with Crippen LogP contribution in [0.4, 0.5) is 11.4 Å². The summed E-state index contributed by atoms with van der Waals surface area (Å²) < 4.78 is 55.1. The molecule has 4 aromatic carbocycles. The summed E-state index contributed by atoms with van der Waals surface area (Å²) in [6.45, 7) is 2.26. The molecule has 0 N–H and O–H groups in total. The fourth-order valence-corrected chi connectivity index (χ4v) is 6.89. The lowest BCUT2D eigenvalue weighted by Crippen LogP contribution is -2.36. The maximum atomic E-state index is 13.4. The predicted molar refractivity (Wildman–Crippen MR) is 138 cm³/mol. The van der Waals surface area contributed by atoms with Crippen LogP contribution in [-0.4, -0.2) is 28.6 Å². The van der Waals surface area contributed by atoms with E-state index in [4.69, 9.17) is 0 Å². The minimum absolute atomic E-state index is 0.0336. The fourth-order valence-electron chi connectivity index (χ4n) is 3.95. The highest BCUT2D eigenvalue weighted by Gasteiger charge is 2.33.